The van der Waals surface area contributed by atoms with Crippen molar-refractivity contribution in [2.45, 2.75) is 0 Å². The van der Waals surface area contributed by atoms with Crippen LogP contribution in [0.1, 0.15) is 10.4 Å². The molecular formula is C21H18N4O4. The second kappa shape index (κ2) is 7.51. The van der Waals surface area contributed by atoms with Gasteiger partial charge in [-0.05, 0) is 42.5 Å². The van der Waals surface area contributed by atoms with Crippen LogP contribution in [0, 0.1) is 0 Å². The maximum Gasteiger partial charge on any atom is 0.323 e. The normalized spacial score (nSPS) is 10.7. The number of pyridine rings is 1. The third kappa shape index (κ3) is 3.55. The van der Waals surface area contributed by atoms with Gasteiger partial charge in [0.15, 0.2) is 0 Å². The minimum Gasteiger partial charge on any atom is -0.496 e. The summed E-state index contributed by atoms with van der Waals surface area (Å²) >= 11 is 0. The van der Waals surface area contributed by atoms with Gasteiger partial charge in [0, 0.05) is 11.9 Å². The first-order valence-corrected chi connectivity index (χ1v) is 8.80. The molecule has 1 amide bonds. The second-order valence-corrected chi connectivity index (χ2v) is 6.26. The average molecular weight is 390 g/mol. The Morgan fingerprint density at radius 1 is 0.966 bits per heavy atom. The Morgan fingerprint density at radius 2 is 1.69 bits per heavy atom. The number of aromatic amines is 2. The molecule has 0 saturated heterocycles. The average Bonchev–Trinajstić information content (AvgIpc) is 3.12. The van der Waals surface area contributed by atoms with E-state index in [1.165, 1.54) is 6.20 Å². The quantitative estimate of drug-likeness (QED) is 0.485. The number of benzene rings is 2. The highest BCUT2D eigenvalue weighted by molar-refractivity contribution is 6.05. The van der Waals surface area contributed by atoms with E-state index in [4.69, 9.17) is 9.47 Å². The molecule has 0 fully saturated rings. The largest absolute Gasteiger partial charge is 0.496 e. The lowest BCUT2D eigenvalue weighted by Gasteiger charge is -2.12. The van der Waals surface area contributed by atoms with Crippen LogP contribution in [-0.2, 0) is 0 Å². The van der Waals surface area contributed by atoms with Crippen molar-refractivity contribution in [2.24, 2.45) is 0 Å². The van der Waals surface area contributed by atoms with Gasteiger partial charge in [0.1, 0.15) is 11.5 Å². The number of hydrogen-bond acceptors (Lipinski definition) is 5. The van der Waals surface area contributed by atoms with Gasteiger partial charge in [-0.3, -0.25) is 9.78 Å². The number of anilines is 1. The summed E-state index contributed by atoms with van der Waals surface area (Å²) in [5.74, 6) is 0.943. The van der Waals surface area contributed by atoms with Crippen LogP contribution in [-0.4, -0.2) is 35.1 Å². The molecule has 0 aliphatic rings. The van der Waals surface area contributed by atoms with Gasteiger partial charge in [-0.1, -0.05) is 6.07 Å². The Bertz CT molecular complexity index is 1220. The maximum atomic E-state index is 12.6. The molecule has 0 atom stereocenters. The summed E-state index contributed by atoms with van der Waals surface area (Å²) in [5.41, 5.74) is 3.29. The van der Waals surface area contributed by atoms with Crippen molar-refractivity contribution in [3.8, 4) is 22.8 Å². The highest BCUT2D eigenvalue weighted by Crippen LogP contribution is 2.37. The first-order chi connectivity index (χ1) is 14.1. The van der Waals surface area contributed by atoms with Crippen LogP contribution in [0.15, 0.2) is 59.5 Å². The Kier molecular flexibility index (Phi) is 4.74. The number of amides is 1. The molecule has 29 heavy (non-hydrogen) atoms. The van der Waals surface area contributed by atoms with E-state index in [1.807, 2.05) is 18.2 Å². The Labute approximate surface area is 165 Å². The van der Waals surface area contributed by atoms with Gasteiger partial charge in [-0.2, -0.15) is 0 Å². The van der Waals surface area contributed by atoms with Gasteiger partial charge < -0.3 is 24.8 Å². The molecule has 8 heteroatoms. The summed E-state index contributed by atoms with van der Waals surface area (Å²) in [4.78, 5) is 33.7. The van der Waals surface area contributed by atoms with E-state index in [0.717, 1.165) is 0 Å². The number of carbonyl (C=O) groups excluding carboxylic acids is 1. The lowest BCUT2D eigenvalue weighted by molar-refractivity contribution is 0.102. The van der Waals surface area contributed by atoms with Gasteiger partial charge in [-0.15, -0.1) is 0 Å². The monoisotopic (exact) mass is 390 g/mol. The van der Waals surface area contributed by atoms with E-state index in [2.05, 4.69) is 20.3 Å². The number of carbonyl (C=O) groups is 1. The minimum atomic E-state index is -0.312. The molecule has 2 aromatic heterocycles. The fourth-order valence-corrected chi connectivity index (χ4v) is 3.09. The van der Waals surface area contributed by atoms with Crippen molar-refractivity contribution in [1.29, 1.82) is 0 Å². The van der Waals surface area contributed by atoms with Crippen molar-refractivity contribution in [3.63, 3.8) is 0 Å². The van der Waals surface area contributed by atoms with E-state index >= 15 is 0 Å². The van der Waals surface area contributed by atoms with Crippen molar-refractivity contribution >= 4 is 22.6 Å². The zero-order valence-corrected chi connectivity index (χ0v) is 15.8. The summed E-state index contributed by atoms with van der Waals surface area (Å²) in [7, 11) is 3.16. The van der Waals surface area contributed by atoms with Crippen LogP contribution in [0.5, 0.6) is 11.5 Å². The topological polar surface area (TPSA) is 109 Å². The zero-order valence-electron chi connectivity index (χ0n) is 15.8. The molecule has 0 aliphatic carbocycles. The lowest BCUT2D eigenvalue weighted by atomic mass is 10.1. The molecule has 2 aromatic carbocycles. The number of imidazole rings is 1. The van der Waals surface area contributed by atoms with Crippen molar-refractivity contribution < 1.29 is 14.3 Å². The van der Waals surface area contributed by atoms with Gasteiger partial charge in [-0.25, -0.2) is 4.79 Å². The molecular weight excluding hydrogens is 372 g/mol. The van der Waals surface area contributed by atoms with Crippen LogP contribution in [0.3, 0.4) is 0 Å². The van der Waals surface area contributed by atoms with Gasteiger partial charge in [0.25, 0.3) is 5.91 Å². The SMILES string of the molecule is COc1cccc(OC)c1-c1ccc(C(=O)Nc2ccc3[nH]c(=O)[nH]c3c2)cn1. The second-order valence-electron chi connectivity index (χ2n) is 6.26. The predicted molar refractivity (Wildman–Crippen MR) is 110 cm³/mol. The summed E-state index contributed by atoms with van der Waals surface area (Å²) < 4.78 is 10.8. The number of rotatable bonds is 5. The molecule has 8 nitrogen and oxygen atoms in total. The fraction of sp³-hybridized carbons (Fsp3) is 0.0952. The molecule has 0 spiro atoms. The van der Waals surface area contributed by atoms with E-state index in [9.17, 15) is 9.59 Å². The summed E-state index contributed by atoms with van der Waals surface area (Å²) in [6, 6.07) is 14.0. The highest BCUT2D eigenvalue weighted by Gasteiger charge is 2.15. The van der Waals surface area contributed by atoms with Gasteiger partial charge in [0.05, 0.1) is 42.1 Å². The number of methoxy groups -OCH3 is 2. The fourth-order valence-electron chi connectivity index (χ4n) is 3.09. The number of nitrogens with zero attached hydrogens (tertiary/aromatic N) is 1. The van der Waals surface area contributed by atoms with Crippen molar-refractivity contribution in [1.82, 2.24) is 15.0 Å². The number of fused-ring (bicyclic) bond motifs is 1. The summed E-state index contributed by atoms with van der Waals surface area (Å²) in [6.07, 6.45) is 1.49. The molecule has 0 radical (unpaired) electrons. The van der Waals surface area contributed by atoms with Crippen molar-refractivity contribution in [2.75, 3.05) is 19.5 Å². The van der Waals surface area contributed by atoms with E-state index < -0.39 is 0 Å². The molecule has 3 N–H and O–H groups in total. The summed E-state index contributed by atoms with van der Waals surface area (Å²) in [5, 5.41) is 2.80. The molecule has 0 saturated carbocycles. The van der Waals surface area contributed by atoms with Crippen LogP contribution in [0.4, 0.5) is 5.69 Å². The van der Waals surface area contributed by atoms with E-state index in [1.54, 1.807) is 44.6 Å². The highest BCUT2D eigenvalue weighted by atomic mass is 16.5. The molecule has 0 aliphatic heterocycles. The first-order valence-electron chi connectivity index (χ1n) is 8.80. The molecule has 4 aromatic rings. The lowest BCUT2D eigenvalue weighted by Crippen LogP contribution is -2.12. The number of aromatic nitrogens is 3. The van der Waals surface area contributed by atoms with Gasteiger partial charge in [0.2, 0.25) is 0 Å². The van der Waals surface area contributed by atoms with Crippen LogP contribution >= 0.6 is 0 Å². The number of nitrogens with one attached hydrogen (secondary N) is 3. The Balaban J connectivity index is 1.59. The van der Waals surface area contributed by atoms with Crippen LogP contribution in [0.25, 0.3) is 22.3 Å². The number of hydrogen-bond donors (Lipinski definition) is 3. The third-order valence-corrected chi connectivity index (χ3v) is 4.48. The van der Waals surface area contributed by atoms with Crippen LogP contribution in [0.2, 0.25) is 0 Å². The Hall–Kier alpha value is -4.07. The number of H-pyrrole nitrogens is 2. The molecule has 2 heterocycles. The maximum absolute atomic E-state index is 12.6. The summed E-state index contributed by atoms with van der Waals surface area (Å²) in [6.45, 7) is 0. The van der Waals surface area contributed by atoms with E-state index in [0.29, 0.717) is 45.0 Å². The molecule has 4 rings (SSSR count). The smallest absolute Gasteiger partial charge is 0.323 e. The van der Waals surface area contributed by atoms with E-state index in [-0.39, 0.29) is 11.6 Å². The first kappa shape index (κ1) is 18.3. The van der Waals surface area contributed by atoms with Crippen LogP contribution < -0.4 is 20.5 Å². The third-order valence-electron chi connectivity index (χ3n) is 4.48. The van der Waals surface area contributed by atoms with Gasteiger partial charge >= 0.3 is 5.69 Å². The Morgan fingerprint density at radius 3 is 2.34 bits per heavy atom. The predicted octanol–water partition coefficient (Wildman–Crippen LogP) is 3.19. The zero-order chi connectivity index (χ0) is 20.4. The van der Waals surface area contributed by atoms with Crippen molar-refractivity contribution in [3.05, 3.63) is 70.8 Å². The molecule has 0 bridgehead atoms. The standard InChI is InChI=1S/C21H18N4O4/c1-28-17-4-3-5-18(29-2)19(17)15-8-6-12(11-22-15)20(26)23-13-7-9-14-16(10-13)25-21(27)24-14/h3-11H,1-2H3,(H,23,26)(H2,24,25,27). The molecule has 0 unspecified atom stereocenters. The minimum absolute atomic E-state index is 0.296. The molecule has 146 valence electrons. The number of ether oxygens (including phenoxy) is 2.